The van der Waals surface area contributed by atoms with Crippen molar-refractivity contribution in [1.29, 1.82) is 0 Å². The first-order valence-corrected chi connectivity index (χ1v) is 12.8. The summed E-state index contributed by atoms with van der Waals surface area (Å²) in [5, 5.41) is 11.5. The normalized spacial score (nSPS) is 22.6. The lowest BCUT2D eigenvalue weighted by Crippen LogP contribution is -2.44. The van der Waals surface area contributed by atoms with Crippen molar-refractivity contribution >= 4 is 34.7 Å². The number of hydrogen-bond acceptors (Lipinski definition) is 11. The zero-order valence-electron chi connectivity index (χ0n) is 22.0. The second kappa shape index (κ2) is 10.2. The van der Waals surface area contributed by atoms with Crippen molar-refractivity contribution in [1.82, 2.24) is 30.0 Å². The molecule has 5 rings (SSSR count). The number of rotatable bonds is 8. The molecule has 3 aliphatic heterocycles. The second-order valence-electron chi connectivity index (χ2n) is 9.99. The van der Waals surface area contributed by atoms with Crippen LogP contribution >= 0.6 is 0 Å². The van der Waals surface area contributed by atoms with Crippen LogP contribution in [0.5, 0.6) is 0 Å². The topological polar surface area (TPSA) is 180 Å². The number of Topliss-reactive ketones (excluding diaryl/α,β-unsaturated/α-hetero) is 1. The van der Waals surface area contributed by atoms with Gasteiger partial charge in [-0.15, -0.1) is 0 Å². The van der Waals surface area contributed by atoms with Crippen LogP contribution in [0.25, 0.3) is 0 Å². The van der Waals surface area contributed by atoms with Crippen LogP contribution in [0.1, 0.15) is 13.3 Å². The molecule has 0 aromatic carbocycles. The predicted octanol–water partition coefficient (Wildman–Crippen LogP) is -1.48. The highest BCUT2D eigenvalue weighted by molar-refractivity contribution is 6.04. The first-order valence-electron chi connectivity index (χ1n) is 12.8. The summed E-state index contributed by atoms with van der Waals surface area (Å²) in [6, 6.07) is 0. The molecule has 1 saturated carbocycles. The summed E-state index contributed by atoms with van der Waals surface area (Å²) in [6.45, 7) is 2.18. The number of fused-ring (bicyclic) bond motifs is 1. The number of nitrogens with one attached hydrogen (secondary N) is 4. The summed E-state index contributed by atoms with van der Waals surface area (Å²) in [5.74, 6) is -3.83. The number of hydrogen-bond donors (Lipinski definition) is 5. The van der Waals surface area contributed by atoms with E-state index in [0.717, 1.165) is 9.13 Å². The number of anilines is 2. The van der Waals surface area contributed by atoms with E-state index in [1.165, 1.54) is 13.2 Å². The number of aromatic nitrogens is 2. The van der Waals surface area contributed by atoms with Gasteiger partial charge in [0.05, 0.1) is 55.6 Å². The average molecular weight is 561 g/mol. The molecule has 4 aliphatic rings. The van der Waals surface area contributed by atoms with E-state index in [-0.39, 0.29) is 36.1 Å². The van der Waals surface area contributed by atoms with E-state index in [1.807, 2.05) is 4.90 Å². The minimum absolute atomic E-state index is 0.150. The number of nitrogens with zero attached hydrogens (tertiary/aromatic N) is 5. The molecule has 2 fully saturated rings. The van der Waals surface area contributed by atoms with Crippen LogP contribution in [-0.2, 0) is 23.2 Å². The van der Waals surface area contributed by atoms with Gasteiger partial charge < -0.3 is 31.9 Å². The maximum Gasteiger partial charge on any atom is 0.332 e. The van der Waals surface area contributed by atoms with Crippen molar-refractivity contribution < 1.29 is 18.4 Å². The lowest BCUT2D eigenvalue weighted by atomic mass is 10.2. The van der Waals surface area contributed by atoms with Gasteiger partial charge in [0, 0.05) is 32.8 Å². The van der Waals surface area contributed by atoms with Crippen LogP contribution < -0.4 is 38.2 Å². The van der Waals surface area contributed by atoms with Gasteiger partial charge in [-0.25, -0.2) is 23.6 Å². The van der Waals surface area contributed by atoms with Gasteiger partial charge in [0.15, 0.2) is 5.78 Å². The SMILES string of the molecule is CCC(=O)Cn1c(=O)c(NCC(=O)NC2=CNCC(C3=CN=C(N4CC5C(C4)C5(F)F)CN3)=N2)c(N)n(C)c1=O. The van der Waals surface area contributed by atoms with Gasteiger partial charge in [0.25, 0.3) is 11.5 Å². The number of nitrogens with two attached hydrogens (primary N) is 1. The van der Waals surface area contributed by atoms with Gasteiger partial charge >= 0.3 is 5.69 Å². The minimum atomic E-state index is -2.55. The van der Waals surface area contributed by atoms with Gasteiger partial charge in [0.2, 0.25) is 5.91 Å². The van der Waals surface area contributed by atoms with Crippen LogP contribution in [0.2, 0.25) is 0 Å². The molecule has 16 heteroatoms. The molecule has 14 nitrogen and oxygen atoms in total. The molecule has 6 N–H and O–H groups in total. The molecule has 40 heavy (non-hydrogen) atoms. The third kappa shape index (κ3) is 4.96. The molecule has 1 aromatic rings. The molecule has 0 radical (unpaired) electrons. The largest absolute Gasteiger partial charge is 0.383 e. The Bertz CT molecular complexity index is 1490. The van der Waals surface area contributed by atoms with E-state index < -0.39 is 41.5 Å². The molecular weight excluding hydrogens is 530 g/mol. The van der Waals surface area contributed by atoms with Crippen molar-refractivity contribution in [2.75, 3.05) is 43.8 Å². The molecule has 4 heterocycles. The Morgan fingerprint density at radius 3 is 2.60 bits per heavy atom. The maximum atomic E-state index is 13.5. The molecule has 1 aromatic heterocycles. The van der Waals surface area contributed by atoms with Crippen LogP contribution in [-0.4, -0.2) is 75.9 Å². The fraction of sp³-hybridized carbons (Fsp3) is 0.500. The van der Waals surface area contributed by atoms with Crippen molar-refractivity contribution in [3.8, 4) is 0 Å². The summed E-state index contributed by atoms with van der Waals surface area (Å²) < 4.78 is 28.8. The Morgan fingerprint density at radius 1 is 1.23 bits per heavy atom. The third-order valence-electron chi connectivity index (χ3n) is 7.44. The molecule has 1 aliphatic carbocycles. The van der Waals surface area contributed by atoms with Gasteiger partial charge in [-0.3, -0.25) is 23.5 Å². The van der Waals surface area contributed by atoms with E-state index in [1.54, 1.807) is 13.1 Å². The smallest absolute Gasteiger partial charge is 0.332 e. The first-order chi connectivity index (χ1) is 19.0. The molecule has 2 atom stereocenters. The Kier molecular flexibility index (Phi) is 6.93. The molecule has 0 spiro atoms. The van der Waals surface area contributed by atoms with Crippen molar-refractivity contribution in [2.45, 2.75) is 25.8 Å². The highest BCUT2D eigenvalue weighted by Crippen LogP contribution is 2.59. The van der Waals surface area contributed by atoms with Crippen molar-refractivity contribution in [3.05, 3.63) is 44.8 Å². The number of piperidine rings is 1. The van der Waals surface area contributed by atoms with E-state index in [2.05, 4.69) is 31.3 Å². The number of amidine groups is 1. The van der Waals surface area contributed by atoms with Crippen LogP contribution in [0.4, 0.5) is 20.3 Å². The molecule has 0 bridgehead atoms. The molecular formula is C24H30F2N10O4. The molecule has 1 saturated heterocycles. The van der Waals surface area contributed by atoms with Gasteiger partial charge in [-0.05, 0) is 0 Å². The van der Waals surface area contributed by atoms with E-state index in [0.29, 0.717) is 43.4 Å². The van der Waals surface area contributed by atoms with Crippen LogP contribution in [0, 0.1) is 11.8 Å². The van der Waals surface area contributed by atoms with Crippen molar-refractivity contribution in [3.63, 3.8) is 0 Å². The highest BCUT2D eigenvalue weighted by atomic mass is 19.3. The van der Waals surface area contributed by atoms with E-state index >= 15 is 0 Å². The Labute approximate surface area is 226 Å². The first kappa shape index (κ1) is 27.1. The number of halogens is 2. The minimum Gasteiger partial charge on any atom is -0.383 e. The summed E-state index contributed by atoms with van der Waals surface area (Å²) in [6.07, 6.45) is 3.25. The fourth-order valence-electron chi connectivity index (χ4n) is 4.91. The molecule has 1 amide bonds. The summed E-state index contributed by atoms with van der Waals surface area (Å²) in [4.78, 5) is 60.4. The predicted molar refractivity (Wildman–Crippen MR) is 143 cm³/mol. The van der Waals surface area contributed by atoms with Gasteiger partial charge in [0.1, 0.15) is 23.2 Å². The Balaban J connectivity index is 1.20. The number of carbonyl (C=O) groups is 2. The lowest BCUT2D eigenvalue weighted by molar-refractivity contribution is -0.120. The maximum absolute atomic E-state index is 13.5. The number of aliphatic imine (C=N–C) groups is 2. The number of nitrogen functional groups attached to an aromatic ring is 1. The number of ketones is 1. The number of carbonyl (C=O) groups excluding carboxylic acids is 2. The Hall–Kier alpha value is -4.50. The number of amides is 1. The number of alkyl halides is 2. The zero-order chi connectivity index (χ0) is 28.8. The number of likely N-dealkylation sites (tertiary alicyclic amines) is 1. The van der Waals surface area contributed by atoms with Crippen LogP contribution in [0.3, 0.4) is 0 Å². The van der Waals surface area contributed by atoms with E-state index in [4.69, 9.17) is 5.73 Å². The summed E-state index contributed by atoms with van der Waals surface area (Å²) in [5.41, 5.74) is 5.42. The molecule has 214 valence electrons. The molecule has 2 unspecified atom stereocenters. The lowest BCUT2D eigenvalue weighted by Gasteiger charge is -2.27. The summed E-state index contributed by atoms with van der Waals surface area (Å²) in [7, 11) is 1.36. The zero-order valence-corrected chi connectivity index (χ0v) is 22.0. The van der Waals surface area contributed by atoms with Gasteiger partial charge in [-0.1, -0.05) is 6.92 Å². The summed E-state index contributed by atoms with van der Waals surface area (Å²) >= 11 is 0. The average Bonchev–Trinajstić information content (AvgIpc) is 3.25. The monoisotopic (exact) mass is 560 g/mol. The quantitative estimate of drug-likeness (QED) is 0.253. The third-order valence-corrected chi connectivity index (χ3v) is 7.44. The highest BCUT2D eigenvalue weighted by Gasteiger charge is 2.71. The second-order valence-corrected chi connectivity index (χ2v) is 9.99. The van der Waals surface area contributed by atoms with Gasteiger partial charge in [-0.2, -0.15) is 0 Å². The van der Waals surface area contributed by atoms with Crippen molar-refractivity contribution in [2.24, 2.45) is 28.9 Å². The standard InChI is InChI=1S/C24H30F2N10O4/c1-3-12(37)9-36-22(39)20(21(27)34(2)23(36)40)31-8-19(38)33-17-6-28-4-16(32-17)15-5-30-18(7-29-15)35-10-13-14(11-35)24(13,25)26/h5-6,13-14,28-29,31H,3-4,7-11,27H2,1-2H3,(H,33,38). The van der Waals surface area contributed by atoms with E-state index in [9.17, 15) is 28.0 Å². The Morgan fingerprint density at radius 2 is 1.95 bits per heavy atom. The van der Waals surface area contributed by atoms with Crippen LogP contribution in [0.15, 0.2) is 43.5 Å². The fourth-order valence-corrected chi connectivity index (χ4v) is 4.91.